The summed E-state index contributed by atoms with van der Waals surface area (Å²) in [5.41, 5.74) is 2.54. The van der Waals surface area contributed by atoms with Crippen LogP contribution >= 0.6 is 0 Å². The second-order valence-corrected chi connectivity index (χ2v) is 6.93. The normalized spacial score (nSPS) is 10.7. The van der Waals surface area contributed by atoms with Crippen LogP contribution in [0.25, 0.3) is 16.8 Å². The van der Waals surface area contributed by atoms with Crippen LogP contribution in [0, 0.1) is 5.82 Å². The Morgan fingerprint density at radius 1 is 0.935 bits per heavy atom. The van der Waals surface area contributed by atoms with Crippen LogP contribution in [-0.2, 0) is 0 Å². The van der Waals surface area contributed by atoms with Gasteiger partial charge in [0.2, 0.25) is 0 Å². The highest BCUT2D eigenvalue weighted by Crippen LogP contribution is 2.26. The number of hydrogen-bond acceptors (Lipinski definition) is 6. The van der Waals surface area contributed by atoms with Crippen molar-refractivity contribution in [1.29, 1.82) is 0 Å². The molecule has 0 N–H and O–H groups in total. The third-order valence-electron chi connectivity index (χ3n) is 4.69. The van der Waals surface area contributed by atoms with E-state index in [2.05, 4.69) is 5.10 Å². The first kappa shape index (κ1) is 20.2. The number of hydrogen-bond donors (Lipinski definition) is 0. The number of benzene rings is 3. The lowest BCUT2D eigenvalue weighted by molar-refractivity contribution is 0.319. The zero-order valence-electron chi connectivity index (χ0n) is 17.2. The van der Waals surface area contributed by atoms with Gasteiger partial charge in [-0.25, -0.2) is 9.18 Å². The molecule has 7 nitrogen and oxygen atoms in total. The quantitative estimate of drug-likeness (QED) is 0.457. The molecule has 4 aromatic rings. The Bertz CT molecular complexity index is 1250. The van der Waals surface area contributed by atoms with Gasteiger partial charge in [-0.1, -0.05) is 23.3 Å². The van der Waals surface area contributed by atoms with Gasteiger partial charge in [0.1, 0.15) is 23.0 Å². The minimum Gasteiger partial charge on any atom is -0.497 e. The van der Waals surface area contributed by atoms with Gasteiger partial charge >= 0.3 is 11.8 Å². The fourth-order valence-corrected chi connectivity index (χ4v) is 3.01. The van der Waals surface area contributed by atoms with E-state index in [1.54, 1.807) is 37.4 Å². The van der Waals surface area contributed by atoms with Gasteiger partial charge in [0.25, 0.3) is 0 Å². The number of nitrogens with zero attached hydrogens (tertiary/aromatic N) is 3. The van der Waals surface area contributed by atoms with E-state index in [1.807, 2.05) is 43.3 Å². The molecule has 0 atom stereocenters. The summed E-state index contributed by atoms with van der Waals surface area (Å²) in [5, 5.41) is 3.95. The first-order valence-corrected chi connectivity index (χ1v) is 9.44. The van der Waals surface area contributed by atoms with Gasteiger partial charge in [-0.15, -0.1) is 0 Å². The summed E-state index contributed by atoms with van der Waals surface area (Å²) in [6.45, 7) is 0. The van der Waals surface area contributed by atoms with Crippen molar-refractivity contribution in [2.24, 2.45) is 0 Å². The maximum Gasteiger partial charge on any atom is 0.444 e. The number of halogens is 1. The fraction of sp³-hybridized carbons (Fsp3) is 0.130. The van der Waals surface area contributed by atoms with Crippen molar-refractivity contribution in [3.05, 3.63) is 83.1 Å². The second-order valence-electron chi connectivity index (χ2n) is 6.93. The third-order valence-corrected chi connectivity index (χ3v) is 4.69. The van der Waals surface area contributed by atoms with Gasteiger partial charge in [-0.2, -0.15) is 4.68 Å². The van der Waals surface area contributed by atoms with E-state index in [0.29, 0.717) is 17.1 Å². The van der Waals surface area contributed by atoms with Crippen molar-refractivity contribution < 1.29 is 18.3 Å². The molecule has 0 aliphatic rings. The molecule has 0 unspecified atom stereocenters. The molecule has 0 amide bonds. The summed E-state index contributed by atoms with van der Waals surface area (Å²) >= 11 is 0. The molecule has 0 radical (unpaired) electrons. The van der Waals surface area contributed by atoms with E-state index in [9.17, 15) is 9.18 Å². The van der Waals surface area contributed by atoms with Crippen molar-refractivity contribution in [3.8, 4) is 34.4 Å². The van der Waals surface area contributed by atoms with Gasteiger partial charge in [0.05, 0.1) is 7.11 Å². The summed E-state index contributed by atoms with van der Waals surface area (Å²) in [7, 11) is 5.45. The standard InChI is InChI=1S/C23H20FN3O4/c1-26(2)17-7-4-15(5-8-17)16-6-13-21(20(24)14-16)27-23(28)31-22(25-27)30-19-11-9-18(29-3)10-12-19/h4-14H,1-3H3. The highest BCUT2D eigenvalue weighted by molar-refractivity contribution is 5.67. The topological polar surface area (TPSA) is 69.7 Å². The van der Waals surface area contributed by atoms with Crippen molar-refractivity contribution >= 4 is 5.69 Å². The Hall–Kier alpha value is -4.07. The Morgan fingerprint density at radius 2 is 1.58 bits per heavy atom. The molecule has 3 aromatic carbocycles. The number of ether oxygens (including phenoxy) is 2. The predicted octanol–water partition coefficient (Wildman–Crippen LogP) is 4.50. The zero-order chi connectivity index (χ0) is 22.0. The van der Waals surface area contributed by atoms with E-state index >= 15 is 0 Å². The van der Waals surface area contributed by atoms with Crippen molar-refractivity contribution in [3.63, 3.8) is 0 Å². The summed E-state index contributed by atoms with van der Waals surface area (Å²) in [4.78, 5) is 14.2. The predicted molar refractivity (Wildman–Crippen MR) is 115 cm³/mol. The Balaban J connectivity index is 1.58. The molecular weight excluding hydrogens is 401 g/mol. The Morgan fingerprint density at radius 3 is 2.19 bits per heavy atom. The van der Waals surface area contributed by atoms with Crippen LogP contribution in [0.15, 0.2) is 75.9 Å². The summed E-state index contributed by atoms with van der Waals surface area (Å²) < 4.78 is 31.2. The molecule has 0 saturated carbocycles. The van der Waals surface area contributed by atoms with Crippen LogP contribution in [0.2, 0.25) is 0 Å². The number of rotatable bonds is 6. The van der Waals surface area contributed by atoms with Gasteiger partial charge in [-0.3, -0.25) is 0 Å². The average molecular weight is 421 g/mol. The molecule has 31 heavy (non-hydrogen) atoms. The van der Waals surface area contributed by atoms with Gasteiger partial charge in [-0.05, 0) is 59.7 Å². The van der Waals surface area contributed by atoms with E-state index in [4.69, 9.17) is 13.9 Å². The van der Waals surface area contributed by atoms with Crippen LogP contribution in [0.4, 0.5) is 10.1 Å². The van der Waals surface area contributed by atoms with E-state index in [0.717, 1.165) is 15.9 Å². The average Bonchev–Trinajstić information content (AvgIpc) is 3.13. The highest BCUT2D eigenvalue weighted by Gasteiger charge is 2.16. The van der Waals surface area contributed by atoms with Crippen molar-refractivity contribution in [1.82, 2.24) is 9.78 Å². The van der Waals surface area contributed by atoms with Gasteiger partial charge in [0.15, 0.2) is 0 Å². The lowest BCUT2D eigenvalue weighted by atomic mass is 10.0. The van der Waals surface area contributed by atoms with Crippen LogP contribution in [0.5, 0.6) is 17.6 Å². The zero-order valence-corrected chi connectivity index (χ0v) is 17.2. The second kappa shape index (κ2) is 8.35. The molecule has 0 bridgehead atoms. The molecular formula is C23H20FN3O4. The fourth-order valence-electron chi connectivity index (χ4n) is 3.01. The number of aromatic nitrogens is 2. The smallest absolute Gasteiger partial charge is 0.444 e. The van der Waals surface area contributed by atoms with Crippen LogP contribution in [0.3, 0.4) is 0 Å². The highest BCUT2D eigenvalue weighted by atomic mass is 19.1. The summed E-state index contributed by atoms with van der Waals surface area (Å²) in [6.07, 6.45) is -0.294. The third kappa shape index (κ3) is 4.28. The Labute approximate surface area is 177 Å². The van der Waals surface area contributed by atoms with Crippen LogP contribution < -0.4 is 20.1 Å². The maximum absolute atomic E-state index is 14.8. The summed E-state index contributed by atoms with van der Waals surface area (Å²) in [5.74, 6) is -0.421. The minimum absolute atomic E-state index is 0.0352. The van der Waals surface area contributed by atoms with Crippen LogP contribution in [-0.4, -0.2) is 31.0 Å². The molecule has 8 heteroatoms. The molecule has 0 saturated heterocycles. The maximum atomic E-state index is 14.8. The molecule has 0 spiro atoms. The molecule has 0 aliphatic carbocycles. The molecule has 0 aliphatic heterocycles. The number of methoxy groups -OCH3 is 1. The van der Waals surface area contributed by atoms with Crippen molar-refractivity contribution in [2.75, 3.05) is 26.1 Å². The molecule has 1 aromatic heterocycles. The summed E-state index contributed by atoms with van der Waals surface area (Å²) in [6, 6.07) is 18.9. The van der Waals surface area contributed by atoms with Crippen LogP contribution in [0.1, 0.15) is 0 Å². The van der Waals surface area contributed by atoms with E-state index < -0.39 is 11.6 Å². The largest absolute Gasteiger partial charge is 0.497 e. The monoisotopic (exact) mass is 421 g/mol. The molecule has 158 valence electrons. The van der Waals surface area contributed by atoms with Gasteiger partial charge < -0.3 is 18.8 Å². The molecule has 1 heterocycles. The Kier molecular flexibility index (Phi) is 5.44. The number of anilines is 1. The first-order valence-electron chi connectivity index (χ1n) is 9.44. The molecule has 4 rings (SSSR count). The molecule has 0 fully saturated rings. The van der Waals surface area contributed by atoms with Crippen molar-refractivity contribution in [2.45, 2.75) is 0 Å². The van der Waals surface area contributed by atoms with E-state index in [-0.39, 0.29) is 11.8 Å². The first-order chi connectivity index (χ1) is 14.9. The lowest BCUT2D eigenvalue weighted by Crippen LogP contribution is -2.14. The minimum atomic E-state index is -0.856. The SMILES string of the molecule is COc1ccc(Oc2nn(-c3ccc(-c4ccc(N(C)C)cc4)cc3F)c(=O)o2)cc1. The lowest BCUT2D eigenvalue weighted by Gasteiger charge is -2.13. The van der Waals surface area contributed by atoms with E-state index in [1.165, 1.54) is 12.1 Å². The van der Waals surface area contributed by atoms with Gasteiger partial charge in [0, 0.05) is 19.8 Å².